The number of H-pyrrole nitrogens is 1. The van der Waals surface area contributed by atoms with Gasteiger partial charge in [0.15, 0.2) is 0 Å². The lowest BCUT2D eigenvalue weighted by molar-refractivity contribution is 0.102. The second-order valence-corrected chi connectivity index (χ2v) is 8.30. The van der Waals surface area contributed by atoms with Crippen LogP contribution < -0.4 is 10.0 Å². The molecule has 0 atom stereocenters. The van der Waals surface area contributed by atoms with Gasteiger partial charge >= 0.3 is 0 Å². The molecule has 0 saturated heterocycles. The third-order valence-corrected chi connectivity index (χ3v) is 5.82. The van der Waals surface area contributed by atoms with Crippen molar-refractivity contribution in [2.45, 2.75) is 4.90 Å². The summed E-state index contributed by atoms with van der Waals surface area (Å²) < 4.78 is 41.3. The normalized spacial score (nSPS) is 11.1. The summed E-state index contributed by atoms with van der Waals surface area (Å²) in [5.74, 6) is -1.18. The van der Waals surface area contributed by atoms with E-state index in [1.165, 1.54) is 42.5 Å². The van der Waals surface area contributed by atoms with Crippen molar-refractivity contribution in [3.63, 3.8) is 0 Å². The largest absolute Gasteiger partial charge is 0.322 e. The van der Waals surface area contributed by atoms with Crippen LogP contribution in [0.3, 0.4) is 0 Å². The average Bonchev–Trinajstić information content (AvgIpc) is 3.31. The van der Waals surface area contributed by atoms with Crippen LogP contribution in [-0.2, 0) is 10.0 Å². The molecule has 1 heterocycles. The fourth-order valence-electron chi connectivity index (χ4n) is 2.94. The maximum atomic E-state index is 13.8. The molecular weight excluding hydrogens is 419 g/mol. The molecule has 0 unspecified atom stereocenters. The minimum atomic E-state index is -4.08. The predicted octanol–water partition coefficient (Wildman–Crippen LogP) is 4.27. The van der Waals surface area contributed by atoms with Gasteiger partial charge in [0.1, 0.15) is 5.82 Å². The van der Waals surface area contributed by atoms with Crippen molar-refractivity contribution in [3.8, 4) is 11.3 Å². The van der Waals surface area contributed by atoms with Gasteiger partial charge in [0, 0.05) is 23.0 Å². The number of sulfonamides is 1. The van der Waals surface area contributed by atoms with E-state index in [0.717, 1.165) is 17.3 Å². The number of anilines is 2. The number of hydrogen-bond acceptors (Lipinski definition) is 4. The summed E-state index contributed by atoms with van der Waals surface area (Å²) in [4.78, 5) is 12.5. The molecule has 1 amide bonds. The molecule has 0 fully saturated rings. The number of amides is 1. The Labute approximate surface area is 178 Å². The quantitative estimate of drug-likeness (QED) is 0.420. The number of halogens is 1. The molecule has 156 valence electrons. The highest BCUT2D eigenvalue weighted by Crippen LogP contribution is 2.22. The lowest BCUT2D eigenvalue weighted by atomic mass is 10.1. The molecule has 3 aromatic carbocycles. The molecular formula is C22H17FN4O3S. The summed E-state index contributed by atoms with van der Waals surface area (Å²) >= 11 is 0. The van der Waals surface area contributed by atoms with E-state index in [9.17, 15) is 17.6 Å². The summed E-state index contributed by atoms with van der Waals surface area (Å²) in [6.45, 7) is 0. The number of carbonyl (C=O) groups excluding carboxylic acids is 1. The molecule has 4 rings (SSSR count). The smallest absolute Gasteiger partial charge is 0.262 e. The van der Waals surface area contributed by atoms with Crippen molar-refractivity contribution in [2.24, 2.45) is 0 Å². The number of para-hydroxylation sites is 1. The van der Waals surface area contributed by atoms with E-state index in [1.807, 2.05) is 6.07 Å². The molecule has 9 heteroatoms. The van der Waals surface area contributed by atoms with Gasteiger partial charge in [0.05, 0.1) is 16.3 Å². The number of rotatable bonds is 6. The zero-order valence-electron chi connectivity index (χ0n) is 16.0. The SMILES string of the molecule is O=C(Nc1cccc(-c2ccn[nH]2)c1)c1cccc(S(=O)(=O)Nc2ccccc2F)c1. The van der Waals surface area contributed by atoms with Crippen LogP contribution >= 0.6 is 0 Å². The Morgan fingerprint density at radius 1 is 0.935 bits per heavy atom. The Hall–Kier alpha value is -3.98. The standard InChI is InChI=1S/C22H17FN4O3S/c23-19-9-1-2-10-21(19)27-31(29,30)18-8-4-6-16(14-18)22(28)25-17-7-3-5-15(13-17)20-11-12-24-26-20/h1-14,27H,(H,24,26)(H,25,28). The zero-order valence-corrected chi connectivity index (χ0v) is 16.9. The van der Waals surface area contributed by atoms with Crippen molar-refractivity contribution in [2.75, 3.05) is 10.0 Å². The van der Waals surface area contributed by atoms with Crippen LogP contribution in [0.2, 0.25) is 0 Å². The summed E-state index contributed by atoms with van der Waals surface area (Å²) in [6, 6.07) is 19.9. The predicted molar refractivity (Wildman–Crippen MR) is 116 cm³/mol. The first-order valence-electron chi connectivity index (χ1n) is 9.21. The van der Waals surface area contributed by atoms with Crippen molar-refractivity contribution < 1.29 is 17.6 Å². The van der Waals surface area contributed by atoms with Gasteiger partial charge in [-0.3, -0.25) is 14.6 Å². The van der Waals surface area contributed by atoms with Gasteiger partial charge in [0.2, 0.25) is 0 Å². The van der Waals surface area contributed by atoms with Crippen molar-refractivity contribution >= 4 is 27.3 Å². The van der Waals surface area contributed by atoms with Crippen molar-refractivity contribution in [1.29, 1.82) is 0 Å². The summed E-state index contributed by atoms with van der Waals surface area (Å²) in [6.07, 6.45) is 1.63. The van der Waals surface area contributed by atoms with Crippen molar-refractivity contribution in [1.82, 2.24) is 10.2 Å². The molecule has 0 bridgehead atoms. The monoisotopic (exact) mass is 436 g/mol. The highest BCUT2D eigenvalue weighted by molar-refractivity contribution is 7.92. The van der Waals surface area contributed by atoms with E-state index in [1.54, 1.807) is 30.5 Å². The minimum absolute atomic E-state index is 0.142. The molecule has 0 radical (unpaired) electrons. The summed E-state index contributed by atoms with van der Waals surface area (Å²) in [5.41, 5.74) is 2.13. The fourth-order valence-corrected chi connectivity index (χ4v) is 4.05. The van der Waals surface area contributed by atoms with Crippen LogP contribution in [0.4, 0.5) is 15.8 Å². The first-order valence-corrected chi connectivity index (χ1v) is 10.7. The molecule has 0 aliphatic heterocycles. The number of nitrogens with one attached hydrogen (secondary N) is 3. The van der Waals surface area contributed by atoms with Gasteiger partial charge in [-0.25, -0.2) is 12.8 Å². The minimum Gasteiger partial charge on any atom is -0.322 e. The van der Waals surface area contributed by atoms with Crippen molar-refractivity contribution in [3.05, 3.63) is 96.4 Å². The highest BCUT2D eigenvalue weighted by atomic mass is 32.2. The number of aromatic nitrogens is 2. The van der Waals surface area contributed by atoms with Crippen LogP contribution in [0.25, 0.3) is 11.3 Å². The number of hydrogen-bond donors (Lipinski definition) is 3. The Balaban J connectivity index is 1.55. The topological polar surface area (TPSA) is 104 Å². The van der Waals surface area contributed by atoms with Gasteiger partial charge in [-0.05, 0) is 48.5 Å². The van der Waals surface area contributed by atoms with Gasteiger partial charge in [0.25, 0.3) is 15.9 Å². The highest BCUT2D eigenvalue weighted by Gasteiger charge is 2.18. The number of nitrogens with zero attached hydrogens (tertiary/aromatic N) is 1. The molecule has 7 nitrogen and oxygen atoms in total. The second kappa shape index (κ2) is 8.41. The Bertz CT molecular complexity index is 1340. The van der Waals surface area contributed by atoms with Gasteiger partial charge < -0.3 is 5.32 Å². The third-order valence-electron chi connectivity index (χ3n) is 4.46. The van der Waals surface area contributed by atoms with E-state index >= 15 is 0 Å². The second-order valence-electron chi connectivity index (χ2n) is 6.62. The van der Waals surface area contributed by atoms with Gasteiger partial charge in [-0.1, -0.05) is 30.3 Å². The third kappa shape index (κ3) is 4.62. The first kappa shape index (κ1) is 20.3. The maximum Gasteiger partial charge on any atom is 0.262 e. The van der Waals surface area contributed by atoms with Gasteiger partial charge in [-0.15, -0.1) is 0 Å². The van der Waals surface area contributed by atoms with Crippen LogP contribution in [-0.4, -0.2) is 24.5 Å². The van der Waals surface area contributed by atoms with Crippen LogP contribution in [0.1, 0.15) is 10.4 Å². The van der Waals surface area contributed by atoms with Crippen LogP contribution in [0.15, 0.2) is 90.0 Å². The van der Waals surface area contributed by atoms with Crippen LogP contribution in [0.5, 0.6) is 0 Å². The lowest BCUT2D eigenvalue weighted by Crippen LogP contribution is -2.16. The van der Waals surface area contributed by atoms with E-state index in [2.05, 4.69) is 20.2 Å². The fraction of sp³-hybridized carbons (Fsp3) is 0. The molecule has 0 aliphatic rings. The van der Waals surface area contributed by atoms with E-state index in [-0.39, 0.29) is 16.1 Å². The average molecular weight is 436 g/mol. The molecule has 0 saturated carbocycles. The number of benzene rings is 3. The number of carbonyl (C=O) groups is 1. The van der Waals surface area contributed by atoms with E-state index in [0.29, 0.717) is 5.69 Å². The lowest BCUT2D eigenvalue weighted by Gasteiger charge is -2.11. The Kier molecular flexibility index (Phi) is 5.50. The first-order chi connectivity index (χ1) is 14.9. The Morgan fingerprint density at radius 2 is 1.74 bits per heavy atom. The summed E-state index contributed by atoms with van der Waals surface area (Å²) in [7, 11) is -4.08. The van der Waals surface area contributed by atoms with E-state index in [4.69, 9.17) is 0 Å². The molecule has 0 aliphatic carbocycles. The molecule has 3 N–H and O–H groups in total. The Morgan fingerprint density at radius 3 is 2.52 bits per heavy atom. The van der Waals surface area contributed by atoms with E-state index < -0.39 is 21.7 Å². The molecule has 4 aromatic rings. The molecule has 31 heavy (non-hydrogen) atoms. The molecule has 1 aromatic heterocycles. The maximum absolute atomic E-state index is 13.8. The number of aromatic amines is 1. The molecule has 0 spiro atoms. The van der Waals surface area contributed by atoms with Crippen LogP contribution in [0, 0.1) is 5.82 Å². The zero-order chi connectivity index (χ0) is 21.8. The summed E-state index contributed by atoms with van der Waals surface area (Å²) in [5, 5.41) is 9.51. The van der Waals surface area contributed by atoms with Gasteiger partial charge in [-0.2, -0.15) is 5.10 Å².